The van der Waals surface area contributed by atoms with E-state index in [1.807, 2.05) is 37.1 Å². The van der Waals surface area contributed by atoms with Crippen molar-refractivity contribution in [2.75, 3.05) is 11.9 Å². The molecular weight excluding hydrogens is 241 g/mol. The predicted octanol–water partition coefficient (Wildman–Crippen LogP) is 3.40. The summed E-state index contributed by atoms with van der Waals surface area (Å²) in [5, 5.41) is 0. The number of anilines is 2. The van der Waals surface area contributed by atoms with Crippen LogP contribution < -0.4 is 10.6 Å². The van der Waals surface area contributed by atoms with Crippen molar-refractivity contribution < 1.29 is 4.39 Å². The number of halogens is 1. The van der Waals surface area contributed by atoms with E-state index in [1.54, 1.807) is 12.3 Å². The fourth-order valence-corrected chi connectivity index (χ4v) is 1.86. The maximum atomic E-state index is 13.2. The first kappa shape index (κ1) is 13.5. The lowest BCUT2D eigenvalue weighted by atomic mass is 10.1. The molecule has 0 aliphatic carbocycles. The molecule has 0 radical (unpaired) electrons. The van der Waals surface area contributed by atoms with Crippen LogP contribution in [0.2, 0.25) is 0 Å². The van der Waals surface area contributed by atoms with Crippen LogP contribution in [0, 0.1) is 5.82 Å². The van der Waals surface area contributed by atoms with Gasteiger partial charge in [0.1, 0.15) is 5.82 Å². The van der Waals surface area contributed by atoms with Crippen molar-refractivity contribution >= 4 is 11.4 Å². The predicted molar refractivity (Wildman–Crippen MR) is 75.9 cm³/mol. The molecule has 0 amide bonds. The standard InChI is InChI=1S/C15H18FN3/c1-3-14(17)15-8-7-13(10-18-15)19(2)12-6-4-5-11(16)9-12/h4-10,14H,3,17H2,1-2H3/t14-/m1/s1. The third-order valence-electron chi connectivity index (χ3n) is 3.17. The van der Waals surface area contributed by atoms with Gasteiger partial charge in [0.15, 0.2) is 0 Å². The third-order valence-corrected chi connectivity index (χ3v) is 3.17. The van der Waals surface area contributed by atoms with E-state index in [0.717, 1.165) is 23.5 Å². The van der Waals surface area contributed by atoms with Crippen molar-refractivity contribution in [3.63, 3.8) is 0 Å². The summed E-state index contributed by atoms with van der Waals surface area (Å²) in [7, 11) is 1.88. The van der Waals surface area contributed by atoms with Gasteiger partial charge >= 0.3 is 0 Å². The Balaban J connectivity index is 2.22. The minimum atomic E-state index is -0.248. The summed E-state index contributed by atoms with van der Waals surface area (Å²) in [5.41, 5.74) is 8.49. The minimum absolute atomic E-state index is 0.0338. The van der Waals surface area contributed by atoms with Crippen LogP contribution in [0.3, 0.4) is 0 Å². The molecule has 3 nitrogen and oxygen atoms in total. The summed E-state index contributed by atoms with van der Waals surface area (Å²) in [5.74, 6) is -0.248. The number of hydrogen-bond acceptors (Lipinski definition) is 3. The number of nitrogens with two attached hydrogens (primary N) is 1. The van der Waals surface area contributed by atoms with Crippen LogP contribution in [0.25, 0.3) is 0 Å². The summed E-state index contributed by atoms with van der Waals surface area (Å²) in [6.07, 6.45) is 2.61. The van der Waals surface area contributed by atoms with E-state index < -0.39 is 0 Å². The molecule has 0 aliphatic heterocycles. The van der Waals surface area contributed by atoms with Gasteiger partial charge in [0, 0.05) is 18.8 Å². The van der Waals surface area contributed by atoms with Crippen LogP contribution in [0.5, 0.6) is 0 Å². The van der Waals surface area contributed by atoms with Crippen molar-refractivity contribution in [2.45, 2.75) is 19.4 Å². The van der Waals surface area contributed by atoms with E-state index in [1.165, 1.54) is 12.1 Å². The topological polar surface area (TPSA) is 42.1 Å². The SMILES string of the molecule is CC[C@@H](N)c1ccc(N(C)c2cccc(F)c2)cn1. The lowest BCUT2D eigenvalue weighted by molar-refractivity contribution is 0.628. The van der Waals surface area contributed by atoms with Gasteiger partial charge in [0.25, 0.3) is 0 Å². The number of hydrogen-bond donors (Lipinski definition) is 1. The maximum Gasteiger partial charge on any atom is 0.125 e. The molecule has 1 aromatic heterocycles. The average molecular weight is 259 g/mol. The molecule has 4 heteroatoms. The first-order valence-corrected chi connectivity index (χ1v) is 6.32. The van der Waals surface area contributed by atoms with E-state index in [9.17, 15) is 4.39 Å². The molecule has 0 spiro atoms. The Morgan fingerprint density at radius 1 is 1.26 bits per heavy atom. The van der Waals surface area contributed by atoms with Crippen molar-refractivity contribution in [3.05, 3.63) is 54.1 Å². The number of aromatic nitrogens is 1. The van der Waals surface area contributed by atoms with Gasteiger partial charge in [0.05, 0.1) is 17.6 Å². The van der Waals surface area contributed by atoms with Gasteiger partial charge < -0.3 is 10.6 Å². The Labute approximate surface area is 112 Å². The number of pyridine rings is 1. The Kier molecular flexibility index (Phi) is 4.12. The third kappa shape index (κ3) is 3.09. The van der Waals surface area contributed by atoms with Gasteiger partial charge in [-0.25, -0.2) is 4.39 Å². The molecule has 2 N–H and O–H groups in total. The van der Waals surface area contributed by atoms with Crippen LogP contribution in [0.1, 0.15) is 25.1 Å². The van der Waals surface area contributed by atoms with Crippen LogP contribution in [0.4, 0.5) is 15.8 Å². The van der Waals surface area contributed by atoms with Gasteiger partial charge in [0.2, 0.25) is 0 Å². The Morgan fingerprint density at radius 2 is 2.05 bits per heavy atom. The van der Waals surface area contributed by atoms with Gasteiger partial charge in [-0.1, -0.05) is 13.0 Å². The fraction of sp³-hybridized carbons (Fsp3) is 0.267. The Bertz CT molecular complexity index is 539. The summed E-state index contributed by atoms with van der Waals surface area (Å²) < 4.78 is 13.2. The Morgan fingerprint density at radius 3 is 2.63 bits per heavy atom. The zero-order valence-electron chi connectivity index (χ0n) is 11.2. The largest absolute Gasteiger partial charge is 0.343 e. The minimum Gasteiger partial charge on any atom is -0.343 e. The molecule has 0 aliphatic rings. The highest BCUT2D eigenvalue weighted by Gasteiger charge is 2.08. The highest BCUT2D eigenvalue weighted by Crippen LogP contribution is 2.24. The molecule has 0 bridgehead atoms. The molecule has 1 heterocycles. The zero-order chi connectivity index (χ0) is 13.8. The van der Waals surface area contributed by atoms with Crippen LogP contribution in [0.15, 0.2) is 42.6 Å². The molecule has 1 aromatic carbocycles. The maximum absolute atomic E-state index is 13.2. The molecule has 2 rings (SSSR count). The van der Waals surface area contributed by atoms with Gasteiger partial charge in [-0.3, -0.25) is 4.98 Å². The molecule has 100 valence electrons. The van der Waals surface area contributed by atoms with E-state index in [-0.39, 0.29) is 11.9 Å². The van der Waals surface area contributed by atoms with Gasteiger partial charge in [-0.2, -0.15) is 0 Å². The lowest BCUT2D eigenvalue weighted by Crippen LogP contribution is -2.13. The number of benzene rings is 1. The number of rotatable bonds is 4. The molecule has 0 saturated heterocycles. The fourth-order valence-electron chi connectivity index (χ4n) is 1.86. The summed E-state index contributed by atoms with van der Waals surface area (Å²) in [6, 6.07) is 10.3. The second kappa shape index (κ2) is 5.80. The van der Waals surface area contributed by atoms with Crippen LogP contribution in [-0.4, -0.2) is 12.0 Å². The summed E-state index contributed by atoms with van der Waals surface area (Å²) in [4.78, 5) is 6.24. The smallest absolute Gasteiger partial charge is 0.125 e. The average Bonchev–Trinajstić information content (AvgIpc) is 2.46. The molecule has 1 atom stereocenters. The monoisotopic (exact) mass is 259 g/mol. The van der Waals surface area contributed by atoms with E-state index >= 15 is 0 Å². The second-order valence-electron chi connectivity index (χ2n) is 4.49. The Hall–Kier alpha value is -1.94. The molecule has 0 unspecified atom stereocenters. The van der Waals surface area contributed by atoms with E-state index in [0.29, 0.717) is 0 Å². The van der Waals surface area contributed by atoms with E-state index in [4.69, 9.17) is 5.73 Å². The van der Waals surface area contributed by atoms with Crippen LogP contribution >= 0.6 is 0 Å². The highest BCUT2D eigenvalue weighted by molar-refractivity contribution is 5.61. The first-order valence-electron chi connectivity index (χ1n) is 6.32. The first-order chi connectivity index (χ1) is 9.11. The summed E-state index contributed by atoms with van der Waals surface area (Å²) >= 11 is 0. The van der Waals surface area contributed by atoms with Crippen molar-refractivity contribution in [1.82, 2.24) is 4.98 Å². The highest BCUT2D eigenvalue weighted by atomic mass is 19.1. The second-order valence-corrected chi connectivity index (χ2v) is 4.49. The van der Waals surface area contributed by atoms with Gasteiger partial charge in [-0.15, -0.1) is 0 Å². The lowest BCUT2D eigenvalue weighted by Gasteiger charge is -2.19. The van der Waals surface area contributed by atoms with Crippen LogP contribution in [-0.2, 0) is 0 Å². The molecular formula is C15H18FN3. The summed E-state index contributed by atoms with van der Waals surface area (Å²) in [6.45, 7) is 2.03. The number of nitrogens with zero attached hydrogens (tertiary/aromatic N) is 2. The van der Waals surface area contributed by atoms with Gasteiger partial charge in [-0.05, 0) is 36.8 Å². The van der Waals surface area contributed by atoms with E-state index in [2.05, 4.69) is 4.98 Å². The van der Waals surface area contributed by atoms with Crippen molar-refractivity contribution in [2.24, 2.45) is 5.73 Å². The molecule has 19 heavy (non-hydrogen) atoms. The normalized spacial score (nSPS) is 12.2. The zero-order valence-corrected chi connectivity index (χ0v) is 11.2. The quantitative estimate of drug-likeness (QED) is 0.915. The molecule has 2 aromatic rings. The molecule has 0 fully saturated rings. The molecule has 0 saturated carbocycles. The van der Waals surface area contributed by atoms with Crippen molar-refractivity contribution in [3.8, 4) is 0 Å². The van der Waals surface area contributed by atoms with Crippen molar-refractivity contribution in [1.29, 1.82) is 0 Å².